The summed E-state index contributed by atoms with van der Waals surface area (Å²) in [7, 11) is 2.03. The van der Waals surface area contributed by atoms with Crippen LogP contribution in [0.4, 0.5) is 0 Å². The average molecular weight is 318 g/mol. The van der Waals surface area contributed by atoms with E-state index in [1.165, 1.54) is 16.5 Å². The maximum atomic E-state index is 4.60. The summed E-state index contributed by atoms with van der Waals surface area (Å²) in [4.78, 5) is 7.91. The summed E-state index contributed by atoms with van der Waals surface area (Å²) in [5.41, 5.74) is 3.69. The lowest BCUT2D eigenvalue weighted by molar-refractivity contribution is 0.838. The van der Waals surface area contributed by atoms with Crippen LogP contribution in [0.25, 0.3) is 10.9 Å². The van der Waals surface area contributed by atoms with Crippen LogP contribution in [0.1, 0.15) is 17.1 Å². The Balaban J connectivity index is 1.84. The smallest absolute Gasteiger partial charge is 0.108 e. The van der Waals surface area contributed by atoms with Crippen LogP contribution >= 0.6 is 15.9 Å². The van der Waals surface area contributed by atoms with Gasteiger partial charge in [0.05, 0.1) is 5.69 Å². The fraction of sp³-hybridized carbons (Fsp3) is 0.267. The highest BCUT2D eigenvalue weighted by Crippen LogP contribution is 2.22. The van der Waals surface area contributed by atoms with Crippen LogP contribution in [-0.2, 0) is 19.9 Å². The van der Waals surface area contributed by atoms with Gasteiger partial charge in [-0.25, -0.2) is 4.98 Å². The van der Waals surface area contributed by atoms with Gasteiger partial charge in [-0.2, -0.15) is 0 Å². The summed E-state index contributed by atoms with van der Waals surface area (Å²) in [5.74, 6) is 1.04. The van der Waals surface area contributed by atoms with Gasteiger partial charge in [0.15, 0.2) is 0 Å². The van der Waals surface area contributed by atoms with Gasteiger partial charge in [0, 0.05) is 24.1 Å². The van der Waals surface area contributed by atoms with E-state index in [0.29, 0.717) is 0 Å². The molecule has 2 heterocycles. The molecule has 0 aliphatic carbocycles. The van der Waals surface area contributed by atoms with Gasteiger partial charge in [-0.05, 0) is 47.3 Å². The van der Waals surface area contributed by atoms with Crippen LogP contribution in [0, 0.1) is 6.92 Å². The van der Waals surface area contributed by atoms with Crippen molar-refractivity contribution in [1.82, 2.24) is 14.5 Å². The number of benzene rings is 1. The number of hydrogen-bond donors (Lipinski definition) is 1. The molecule has 0 fully saturated rings. The second-order valence-corrected chi connectivity index (χ2v) is 5.57. The predicted octanol–water partition coefficient (Wildman–Crippen LogP) is 3.76. The molecule has 3 aromatic rings. The molecule has 3 rings (SSSR count). The van der Waals surface area contributed by atoms with Crippen molar-refractivity contribution >= 4 is 26.8 Å². The second-order valence-electron chi connectivity index (χ2n) is 4.82. The van der Waals surface area contributed by atoms with Crippen LogP contribution in [0.5, 0.6) is 0 Å². The molecule has 0 spiro atoms. The number of rotatable bonds is 3. The molecular formula is C15H16BrN3. The van der Waals surface area contributed by atoms with Crippen molar-refractivity contribution in [3.63, 3.8) is 0 Å². The highest BCUT2D eigenvalue weighted by Gasteiger charge is 2.10. The van der Waals surface area contributed by atoms with Gasteiger partial charge in [-0.15, -0.1) is 0 Å². The lowest BCUT2D eigenvalue weighted by Gasteiger charge is -1.99. The summed E-state index contributed by atoms with van der Waals surface area (Å²) in [6.45, 7) is 2.03. The molecule has 0 saturated heterocycles. The highest BCUT2D eigenvalue weighted by atomic mass is 79.9. The lowest BCUT2D eigenvalue weighted by atomic mass is 10.1. The topological polar surface area (TPSA) is 33.6 Å². The van der Waals surface area contributed by atoms with Crippen molar-refractivity contribution in [2.45, 2.75) is 19.8 Å². The minimum Gasteiger partial charge on any atom is -0.361 e. The zero-order chi connectivity index (χ0) is 13.4. The van der Waals surface area contributed by atoms with E-state index < -0.39 is 0 Å². The summed E-state index contributed by atoms with van der Waals surface area (Å²) < 4.78 is 3.16. The van der Waals surface area contributed by atoms with E-state index in [4.69, 9.17) is 0 Å². The molecule has 4 heteroatoms. The van der Waals surface area contributed by atoms with Crippen LogP contribution in [-0.4, -0.2) is 14.5 Å². The number of nitrogens with one attached hydrogen (secondary N) is 1. The first-order valence-corrected chi connectivity index (χ1v) is 7.19. The number of para-hydroxylation sites is 1. The maximum Gasteiger partial charge on any atom is 0.108 e. The molecule has 0 bridgehead atoms. The van der Waals surface area contributed by atoms with Crippen molar-refractivity contribution < 1.29 is 0 Å². The molecule has 0 radical (unpaired) electrons. The third kappa shape index (κ3) is 2.21. The molecule has 0 unspecified atom stereocenters. The molecular weight excluding hydrogens is 302 g/mol. The van der Waals surface area contributed by atoms with Gasteiger partial charge >= 0.3 is 0 Å². The SMILES string of the molecule is Cc1nc(CCc2c[nH]c3ccccc23)c(Br)n1C. The Morgan fingerprint density at radius 2 is 2.05 bits per heavy atom. The lowest BCUT2D eigenvalue weighted by Crippen LogP contribution is -1.93. The molecule has 1 aromatic carbocycles. The number of aromatic nitrogens is 3. The summed E-state index contributed by atoms with van der Waals surface area (Å²) in [5, 5.41) is 1.31. The van der Waals surface area contributed by atoms with Crippen LogP contribution in [0.2, 0.25) is 0 Å². The predicted molar refractivity (Wildman–Crippen MR) is 81.4 cm³/mol. The Hall–Kier alpha value is -1.55. The second kappa shape index (κ2) is 4.85. The van der Waals surface area contributed by atoms with Crippen LogP contribution < -0.4 is 0 Å². The van der Waals surface area contributed by atoms with E-state index in [2.05, 4.69) is 60.9 Å². The third-order valence-corrected chi connectivity index (χ3v) is 4.61. The summed E-state index contributed by atoms with van der Waals surface area (Å²) in [6.07, 6.45) is 4.05. The number of imidazole rings is 1. The van der Waals surface area contributed by atoms with E-state index >= 15 is 0 Å². The minimum atomic E-state index is 0.949. The van der Waals surface area contributed by atoms with E-state index in [1.807, 2.05) is 14.0 Å². The van der Waals surface area contributed by atoms with Gasteiger partial charge in [0.25, 0.3) is 0 Å². The zero-order valence-electron chi connectivity index (χ0n) is 11.1. The Labute approximate surface area is 120 Å². The fourth-order valence-corrected chi connectivity index (χ4v) is 2.95. The average Bonchev–Trinajstić information content (AvgIpc) is 2.94. The number of hydrogen-bond acceptors (Lipinski definition) is 1. The molecule has 1 N–H and O–H groups in total. The normalized spacial score (nSPS) is 11.3. The van der Waals surface area contributed by atoms with Crippen molar-refractivity contribution in [1.29, 1.82) is 0 Å². The minimum absolute atomic E-state index is 0.949. The monoisotopic (exact) mass is 317 g/mol. The Kier molecular flexibility index (Phi) is 3.19. The van der Waals surface area contributed by atoms with Gasteiger partial charge < -0.3 is 9.55 Å². The van der Waals surface area contributed by atoms with E-state index in [-0.39, 0.29) is 0 Å². The van der Waals surface area contributed by atoms with Crippen molar-refractivity contribution in [2.75, 3.05) is 0 Å². The number of aryl methyl sites for hydroxylation is 3. The number of aromatic amines is 1. The maximum absolute atomic E-state index is 4.60. The molecule has 19 heavy (non-hydrogen) atoms. The Morgan fingerprint density at radius 1 is 1.26 bits per heavy atom. The van der Waals surface area contributed by atoms with E-state index in [1.54, 1.807) is 0 Å². The standard InChI is InChI=1S/C15H16BrN3/c1-10-18-14(15(16)19(10)2)8-7-11-9-17-13-6-4-3-5-12(11)13/h3-6,9,17H,7-8H2,1-2H3. The number of nitrogens with zero attached hydrogens (tertiary/aromatic N) is 2. The van der Waals surface area contributed by atoms with E-state index in [0.717, 1.165) is 29.0 Å². The van der Waals surface area contributed by atoms with Gasteiger partial charge in [0.2, 0.25) is 0 Å². The molecule has 0 atom stereocenters. The quantitative estimate of drug-likeness (QED) is 0.784. The number of fused-ring (bicyclic) bond motifs is 1. The molecule has 3 nitrogen and oxygen atoms in total. The Bertz CT molecular complexity index is 724. The van der Waals surface area contributed by atoms with E-state index in [9.17, 15) is 0 Å². The molecule has 2 aromatic heterocycles. The first-order chi connectivity index (χ1) is 9.16. The fourth-order valence-electron chi connectivity index (χ4n) is 2.40. The summed E-state index contributed by atoms with van der Waals surface area (Å²) >= 11 is 3.61. The number of halogens is 1. The van der Waals surface area contributed by atoms with Gasteiger partial charge in [-0.1, -0.05) is 18.2 Å². The molecule has 0 aliphatic heterocycles. The molecule has 0 aliphatic rings. The third-order valence-electron chi connectivity index (χ3n) is 3.62. The van der Waals surface area contributed by atoms with Gasteiger partial charge in [0.1, 0.15) is 10.4 Å². The largest absolute Gasteiger partial charge is 0.361 e. The number of H-pyrrole nitrogens is 1. The molecule has 0 amide bonds. The van der Waals surface area contributed by atoms with Gasteiger partial charge in [-0.3, -0.25) is 0 Å². The van der Waals surface area contributed by atoms with Crippen LogP contribution in [0.3, 0.4) is 0 Å². The molecule has 98 valence electrons. The molecule has 0 saturated carbocycles. The zero-order valence-corrected chi connectivity index (χ0v) is 12.7. The first-order valence-electron chi connectivity index (χ1n) is 6.39. The van der Waals surface area contributed by atoms with Crippen molar-refractivity contribution in [3.05, 3.63) is 52.1 Å². The Morgan fingerprint density at radius 3 is 2.79 bits per heavy atom. The highest BCUT2D eigenvalue weighted by molar-refractivity contribution is 9.10. The first kappa shape index (κ1) is 12.5. The van der Waals surface area contributed by atoms with Crippen molar-refractivity contribution in [2.24, 2.45) is 7.05 Å². The van der Waals surface area contributed by atoms with Crippen LogP contribution in [0.15, 0.2) is 35.1 Å². The summed E-state index contributed by atoms with van der Waals surface area (Å²) in [6, 6.07) is 8.42. The van der Waals surface area contributed by atoms with Crippen molar-refractivity contribution in [3.8, 4) is 0 Å².